The summed E-state index contributed by atoms with van der Waals surface area (Å²) in [6.07, 6.45) is 0.350. The molecule has 0 radical (unpaired) electrons. The molecular formula is C31H39N3O5S. The number of hydrogen-bond donors (Lipinski definition) is 1. The van der Waals surface area contributed by atoms with Gasteiger partial charge in [-0.2, -0.15) is 0 Å². The van der Waals surface area contributed by atoms with E-state index in [1.807, 2.05) is 52.8 Å². The van der Waals surface area contributed by atoms with Gasteiger partial charge in [0.15, 0.2) is 0 Å². The first-order chi connectivity index (χ1) is 19.0. The topological polar surface area (TPSA) is 96.0 Å². The van der Waals surface area contributed by atoms with E-state index in [4.69, 9.17) is 4.74 Å². The molecule has 0 saturated heterocycles. The van der Waals surface area contributed by atoms with Crippen molar-refractivity contribution in [2.45, 2.75) is 64.6 Å². The fourth-order valence-electron chi connectivity index (χ4n) is 4.61. The molecule has 1 atom stereocenters. The summed E-state index contributed by atoms with van der Waals surface area (Å²) >= 11 is 0. The molecule has 3 aromatic rings. The Bertz CT molecular complexity index is 1400. The lowest BCUT2D eigenvalue weighted by Gasteiger charge is -2.33. The first kappa shape index (κ1) is 30.7. The molecule has 0 aromatic heterocycles. The molecule has 1 N–H and O–H groups in total. The molecule has 40 heavy (non-hydrogen) atoms. The van der Waals surface area contributed by atoms with Crippen LogP contribution in [0.1, 0.15) is 43.9 Å². The third-order valence-corrected chi connectivity index (χ3v) is 8.20. The highest BCUT2D eigenvalue weighted by Gasteiger charge is 2.34. The highest BCUT2D eigenvalue weighted by Crippen LogP contribution is 2.27. The van der Waals surface area contributed by atoms with E-state index in [2.05, 4.69) is 5.32 Å². The second-order valence-corrected chi connectivity index (χ2v) is 12.0. The normalized spacial score (nSPS) is 12.1. The van der Waals surface area contributed by atoms with Crippen LogP contribution in [-0.4, -0.2) is 50.9 Å². The van der Waals surface area contributed by atoms with Gasteiger partial charge in [-0.1, -0.05) is 43.3 Å². The maximum absolute atomic E-state index is 14.1. The van der Waals surface area contributed by atoms with E-state index in [0.717, 1.165) is 21.0 Å². The number of rotatable bonds is 12. The molecule has 0 bridgehead atoms. The molecule has 3 aromatic carbocycles. The summed E-state index contributed by atoms with van der Waals surface area (Å²) < 4.78 is 34.4. The zero-order valence-electron chi connectivity index (χ0n) is 24.0. The Morgan fingerprint density at radius 2 is 1.57 bits per heavy atom. The zero-order valence-corrected chi connectivity index (χ0v) is 24.9. The first-order valence-electron chi connectivity index (χ1n) is 13.3. The molecule has 214 valence electrons. The predicted octanol–water partition coefficient (Wildman–Crippen LogP) is 4.84. The maximum atomic E-state index is 14.1. The van der Waals surface area contributed by atoms with Gasteiger partial charge >= 0.3 is 0 Å². The van der Waals surface area contributed by atoms with E-state index in [0.29, 0.717) is 17.9 Å². The standard InChI is InChI=1S/C31H39N3O5S/c1-7-29(31(36)32-22(2)3)33(20-25-12-11-13-27(19-25)39-6)30(35)21-34(26-17-23(4)16-24(5)18-26)40(37,38)28-14-9-8-10-15-28/h8-19,22,29H,7,20-21H2,1-6H3,(H,32,36)/t29-/m0/s1. The average molecular weight is 566 g/mol. The van der Waals surface area contributed by atoms with Gasteiger partial charge in [-0.3, -0.25) is 13.9 Å². The molecule has 2 amide bonds. The Balaban J connectivity index is 2.09. The van der Waals surface area contributed by atoms with Gasteiger partial charge in [0.05, 0.1) is 17.7 Å². The van der Waals surface area contributed by atoms with Crippen LogP contribution >= 0.6 is 0 Å². The van der Waals surface area contributed by atoms with Crippen LogP contribution in [0.2, 0.25) is 0 Å². The Labute approximate surface area is 238 Å². The quantitative estimate of drug-likeness (QED) is 0.339. The Morgan fingerprint density at radius 1 is 0.925 bits per heavy atom. The number of methoxy groups -OCH3 is 1. The zero-order chi connectivity index (χ0) is 29.4. The van der Waals surface area contributed by atoms with E-state index < -0.39 is 28.5 Å². The van der Waals surface area contributed by atoms with Gasteiger partial charge in [0, 0.05) is 12.6 Å². The molecule has 3 rings (SSSR count). The number of benzene rings is 3. The van der Waals surface area contributed by atoms with Crippen molar-refractivity contribution in [1.29, 1.82) is 0 Å². The van der Waals surface area contributed by atoms with Crippen molar-refractivity contribution in [2.75, 3.05) is 18.0 Å². The van der Waals surface area contributed by atoms with E-state index in [9.17, 15) is 18.0 Å². The minimum Gasteiger partial charge on any atom is -0.497 e. The smallest absolute Gasteiger partial charge is 0.264 e. The van der Waals surface area contributed by atoms with Gasteiger partial charge in [0.1, 0.15) is 18.3 Å². The van der Waals surface area contributed by atoms with Gasteiger partial charge in [-0.25, -0.2) is 8.42 Å². The summed E-state index contributed by atoms with van der Waals surface area (Å²) in [7, 11) is -2.55. The van der Waals surface area contributed by atoms with Crippen molar-refractivity contribution in [3.8, 4) is 5.75 Å². The summed E-state index contributed by atoms with van der Waals surface area (Å²) in [4.78, 5) is 28.9. The number of nitrogens with one attached hydrogen (secondary N) is 1. The van der Waals surface area contributed by atoms with Crippen molar-refractivity contribution < 1.29 is 22.7 Å². The van der Waals surface area contributed by atoms with Gasteiger partial charge in [0.25, 0.3) is 10.0 Å². The average Bonchev–Trinajstić information content (AvgIpc) is 2.91. The number of hydrogen-bond acceptors (Lipinski definition) is 5. The second kappa shape index (κ2) is 13.5. The molecule has 0 saturated carbocycles. The number of nitrogens with zero attached hydrogens (tertiary/aromatic N) is 2. The lowest BCUT2D eigenvalue weighted by atomic mass is 10.1. The monoisotopic (exact) mass is 565 g/mol. The fourth-order valence-corrected chi connectivity index (χ4v) is 6.03. The molecule has 0 aliphatic heterocycles. The molecule has 9 heteroatoms. The molecule has 0 heterocycles. The summed E-state index contributed by atoms with van der Waals surface area (Å²) in [5.41, 5.74) is 2.88. The van der Waals surface area contributed by atoms with Crippen molar-refractivity contribution in [2.24, 2.45) is 0 Å². The van der Waals surface area contributed by atoms with Crippen LogP contribution in [0.25, 0.3) is 0 Å². The predicted molar refractivity (Wildman–Crippen MR) is 158 cm³/mol. The number of aryl methyl sites for hydroxylation is 2. The molecule has 0 spiro atoms. The van der Waals surface area contributed by atoms with Crippen LogP contribution in [0.5, 0.6) is 5.75 Å². The summed E-state index contributed by atoms with van der Waals surface area (Å²) in [5, 5.41) is 2.90. The SMILES string of the molecule is CC[C@@H](C(=O)NC(C)C)N(Cc1cccc(OC)c1)C(=O)CN(c1cc(C)cc(C)c1)S(=O)(=O)c1ccccc1. The van der Waals surface area contributed by atoms with Crippen molar-refractivity contribution in [1.82, 2.24) is 10.2 Å². The van der Waals surface area contributed by atoms with E-state index >= 15 is 0 Å². The molecule has 0 fully saturated rings. The number of ether oxygens (including phenoxy) is 1. The fraction of sp³-hybridized carbons (Fsp3) is 0.355. The minimum atomic E-state index is -4.11. The van der Waals surface area contributed by atoms with Crippen LogP contribution < -0.4 is 14.4 Å². The third kappa shape index (κ3) is 7.63. The van der Waals surface area contributed by atoms with E-state index in [1.54, 1.807) is 49.6 Å². The third-order valence-electron chi connectivity index (χ3n) is 6.41. The number of carbonyl (C=O) groups excluding carboxylic acids is 2. The highest BCUT2D eigenvalue weighted by molar-refractivity contribution is 7.92. The number of sulfonamides is 1. The summed E-state index contributed by atoms with van der Waals surface area (Å²) in [6, 6.07) is 19.8. The van der Waals surface area contributed by atoms with Crippen molar-refractivity contribution in [3.63, 3.8) is 0 Å². The lowest BCUT2D eigenvalue weighted by molar-refractivity contribution is -0.140. The largest absolute Gasteiger partial charge is 0.497 e. The summed E-state index contributed by atoms with van der Waals surface area (Å²) in [6.45, 7) is 8.93. The molecule has 0 unspecified atom stereocenters. The first-order valence-corrected chi connectivity index (χ1v) is 14.8. The van der Waals surface area contributed by atoms with Crippen molar-refractivity contribution in [3.05, 3.63) is 89.5 Å². The Morgan fingerprint density at radius 3 is 2.15 bits per heavy atom. The molecule has 0 aliphatic carbocycles. The van der Waals surface area contributed by atoms with Crippen molar-refractivity contribution >= 4 is 27.5 Å². The molecule has 0 aliphatic rings. The molecule has 8 nitrogen and oxygen atoms in total. The summed E-state index contributed by atoms with van der Waals surface area (Å²) in [5.74, 6) is -0.169. The van der Waals surface area contributed by atoms with Gasteiger partial charge in [0.2, 0.25) is 11.8 Å². The number of amides is 2. The maximum Gasteiger partial charge on any atom is 0.264 e. The van der Waals surface area contributed by atoms with E-state index in [-0.39, 0.29) is 23.4 Å². The van der Waals surface area contributed by atoms with Crippen LogP contribution in [0.3, 0.4) is 0 Å². The Kier molecular flexibility index (Phi) is 10.3. The minimum absolute atomic E-state index is 0.0749. The van der Waals surface area contributed by atoms with Crippen LogP contribution in [0, 0.1) is 13.8 Å². The van der Waals surface area contributed by atoms with Crippen LogP contribution in [-0.2, 0) is 26.2 Å². The number of carbonyl (C=O) groups is 2. The molecular weight excluding hydrogens is 526 g/mol. The van der Waals surface area contributed by atoms with E-state index in [1.165, 1.54) is 17.0 Å². The lowest BCUT2D eigenvalue weighted by Crippen LogP contribution is -2.53. The van der Waals surface area contributed by atoms with Crippen LogP contribution in [0.4, 0.5) is 5.69 Å². The number of anilines is 1. The Hall–Kier alpha value is -3.85. The van der Waals surface area contributed by atoms with Gasteiger partial charge in [-0.15, -0.1) is 0 Å². The highest BCUT2D eigenvalue weighted by atomic mass is 32.2. The van der Waals surface area contributed by atoms with Crippen LogP contribution in [0.15, 0.2) is 77.7 Å². The van der Waals surface area contributed by atoms with Gasteiger partial charge in [-0.05, 0) is 87.2 Å². The second-order valence-electron chi connectivity index (χ2n) is 10.1. The van der Waals surface area contributed by atoms with Gasteiger partial charge < -0.3 is 15.0 Å².